The molecule has 0 fully saturated rings. The van der Waals surface area contributed by atoms with E-state index < -0.39 is 0 Å². The van der Waals surface area contributed by atoms with Crippen LogP contribution in [0.25, 0.3) is 0 Å². The molecule has 0 saturated heterocycles. The van der Waals surface area contributed by atoms with Gasteiger partial charge in [-0.25, -0.2) is 4.79 Å². The van der Waals surface area contributed by atoms with E-state index in [0.29, 0.717) is 22.3 Å². The highest BCUT2D eigenvalue weighted by Crippen LogP contribution is 2.32. The van der Waals surface area contributed by atoms with Crippen molar-refractivity contribution in [3.8, 4) is 0 Å². The van der Waals surface area contributed by atoms with Crippen LogP contribution in [0.5, 0.6) is 0 Å². The van der Waals surface area contributed by atoms with Crippen molar-refractivity contribution >= 4 is 34.9 Å². The summed E-state index contributed by atoms with van der Waals surface area (Å²) in [7, 11) is 0. The Hall–Kier alpha value is -1.65. The van der Waals surface area contributed by atoms with Crippen LogP contribution >= 0.6 is 23.2 Å². The molecule has 4 nitrogen and oxygen atoms in total. The standard InChI is InChI=1S/C17H19Cl2N3O/c1-3-15-16-7-4-11(2)21(16)8-9-22(15)17(23)20-14-10-12(18)5-6-13(14)19/h4-7,10,15H,3,8-9H2,1-2H3,(H,20,23). The number of nitrogens with one attached hydrogen (secondary N) is 1. The summed E-state index contributed by atoms with van der Waals surface area (Å²) in [6.07, 6.45) is 0.861. The summed E-state index contributed by atoms with van der Waals surface area (Å²) in [5.41, 5.74) is 2.95. The molecule has 3 rings (SSSR count). The number of hydrogen-bond acceptors (Lipinski definition) is 1. The molecule has 0 saturated carbocycles. The average Bonchev–Trinajstić information content (AvgIpc) is 2.91. The van der Waals surface area contributed by atoms with E-state index in [9.17, 15) is 4.79 Å². The number of amides is 2. The molecular formula is C17H19Cl2N3O. The quantitative estimate of drug-likeness (QED) is 0.802. The van der Waals surface area contributed by atoms with Gasteiger partial charge >= 0.3 is 6.03 Å². The van der Waals surface area contributed by atoms with E-state index in [1.165, 1.54) is 11.4 Å². The maximum absolute atomic E-state index is 12.7. The zero-order chi connectivity index (χ0) is 16.6. The number of benzene rings is 1. The van der Waals surface area contributed by atoms with Gasteiger partial charge in [0, 0.05) is 29.5 Å². The number of rotatable bonds is 2. The van der Waals surface area contributed by atoms with Gasteiger partial charge in [0.05, 0.1) is 16.8 Å². The summed E-state index contributed by atoms with van der Waals surface area (Å²) >= 11 is 12.1. The van der Waals surface area contributed by atoms with Crippen LogP contribution < -0.4 is 5.32 Å². The van der Waals surface area contributed by atoms with Crippen molar-refractivity contribution in [3.05, 3.63) is 51.8 Å². The van der Waals surface area contributed by atoms with Gasteiger partial charge in [0.15, 0.2) is 0 Å². The minimum atomic E-state index is -0.147. The van der Waals surface area contributed by atoms with Crippen molar-refractivity contribution in [2.75, 3.05) is 11.9 Å². The number of aryl methyl sites for hydroxylation is 1. The molecule has 2 heterocycles. The lowest BCUT2D eigenvalue weighted by molar-refractivity contribution is 0.165. The first-order valence-corrected chi connectivity index (χ1v) is 8.45. The Kier molecular flexibility index (Phi) is 4.55. The van der Waals surface area contributed by atoms with Crippen LogP contribution in [-0.4, -0.2) is 22.0 Å². The van der Waals surface area contributed by atoms with E-state index in [0.717, 1.165) is 13.0 Å². The van der Waals surface area contributed by atoms with Gasteiger partial charge in [0.2, 0.25) is 0 Å². The Balaban J connectivity index is 1.83. The van der Waals surface area contributed by atoms with E-state index in [2.05, 4.69) is 35.9 Å². The Bertz CT molecular complexity index is 741. The number of hydrogen-bond donors (Lipinski definition) is 1. The van der Waals surface area contributed by atoms with Crippen LogP contribution in [0.2, 0.25) is 10.0 Å². The second-order valence-electron chi connectivity index (χ2n) is 5.72. The fraction of sp³-hybridized carbons (Fsp3) is 0.353. The second kappa shape index (κ2) is 6.46. The number of carbonyl (C=O) groups excluding carboxylic acids is 1. The number of aromatic nitrogens is 1. The van der Waals surface area contributed by atoms with E-state index in [-0.39, 0.29) is 12.1 Å². The Labute approximate surface area is 146 Å². The molecule has 0 spiro atoms. The third kappa shape index (κ3) is 3.06. The first-order valence-electron chi connectivity index (χ1n) is 7.70. The Morgan fingerprint density at radius 2 is 2.04 bits per heavy atom. The van der Waals surface area contributed by atoms with Gasteiger partial charge < -0.3 is 14.8 Å². The first-order chi connectivity index (χ1) is 11.0. The first kappa shape index (κ1) is 16.2. The van der Waals surface area contributed by atoms with E-state index >= 15 is 0 Å². The molecule has 0 aliphatic carbocycles. The minimum Gasteiger partial charge on any atom is -0.345 e. The van der Waals surface area contributed by atoms with Gasteiger partial charge in [-0.1, -0.05) is 30.1 Å². The molecular weight excluding hydrogens is 333 g/mol. The van der Waals surface area contributed by atoms with Crippen molar-refractivity contribution in [1.29, 1.82) is 0 Å². The average molecular weight is 352 g/mol. The van der Waals surface area contributed by atoms with Crippen molar-refractivity contribution in [3.63, 3.8) is 0 Å². The van der Waals surface area contributed by atoms with Gasteiger partial charge in [-0.2, -0.15) is 0 Å². The molecule has 1 aromatic heterocycles. The third-order valence-corrected chi connectivity index (χ3v) is 4.90. The van der Waals surface area contributed by atoms with Gasteiger partial charge in [0.25, 0.3) is 0 Å². The van der Waals surface area contributed by atoms with E-state index in [4.69, 9.17) is 23.2 Å². The molecule has 1 N–H and O–H groups in total. The molecule has 1 aliphatic rings. The van der Waals surface area contributed by atoms with Crippen LogP contribution in [0.3, 0.4) is 0 Å². The lowest BCUT2D eigenvalue weighted by Gasteiger charge is -2.37. The molecule has 2 aromatic rings. The number of fused-ring (bicyclic) bond motifs is 1. The maximum Gasteiger partial charge on any atom is 0.322 e. The predicted molar refractivity (Wildman–Crippen MR) is 94.4 cm³/mol. The molecule has 1 atom stereocenters. The predicted octanol–water partition coefficient (Wildman–Crippen LogP) is 5.10. The van der Waals surface area contributed by atoms with Crippen molar-refractivity contribution < 1.29 is 4.79 Å². The Morgan fingerprint density at radius 3 is 2.78 bits per heavy atom. The minimum absolute atomic E-state index is 0.0652. The normalized spacial score (nSPS) is 17.0. The lowest BCUT2D eigenvalue weighted by Crippen LogP contribution is -2.44. The Morgan fingerprint density at radius 1 is 1.26 bits per heavy atom. The smallest absolute Gasteiger partial charge is 0.322 e. The lowest BCUT2D eigenvalue weighted by atomic mass is 10.1. The third-order valence-electron chi connectivity index (χ3n) is 4.33. The fourth-order valence-corrected chi connectivity index (χ4v) is 3.50. The van der Waals surface area contributed by atoms with Gasteiger partial charge in [-0.15, -0.1) is 0 Å². The zero-order valence-corrected chi connectivity index (χ0v) is 14.7. The second-order valence-corrected chi connectivity index (χ2v) is 6.57. The van der Waals surface area contributed by atoms with Crippen LogP contribution in [-0.2, 0) is 6.54 Å². The molecule has 1 aromatic carbocycles. The van der Waals surface area contributed by atoms with Gasteiger partial charge in [0.1, 0.15) is 0 Å². The van der Waals surface area contributed by atoms with Crippen molar-refractivity contribution in [2.45, 2.75) is 32.9 Å². The molecule has 1 unspecified atom stereocenters. The molecule has 122 valence electrons. The number of carbonyl (C=O) groups is 1. The molecule has 6 heteroatoms. The number of nitrogens with zero attached hydrogens (tertiary/aromatic N) is 2. The molecule has 0 radical (unpaired) electrons. The van der Waals surface area contributed by atoms with Gasteiger partial charge in [-0.3, -0.25) is 0 Å². The highest BCUT2D eigenvalue weighted by atomic mass is 35.5. The molecule has 23 heavy (non-hydrogen) atoms. The summed E-state index contributed by atoms with van der Waals surface area (Å²) in [4.78, 5) is 14.6. The topological polar surface area (TPSA) is 37.3 Å². The SMILES string of the molecule is CCC1c2ccc(C)n2CCN1C(=O)Nc1cc(Cl)ccc1Cl. The van der Waals surface area contributed by atoms with E-state index in [1.807, 2.05) is 4.90 Å². The highest BCUT2D eigenvalue weighted by molar-refractivity contribution is 6.35. The molecule has 2 amide bonds. The summed E-state index contributed by atoms with van der Waals surface area (Å²) < 4.78 is 2.28. The van der Waals surface area contributed by atoms with Crippen molar-refractivity contribution in [1.82, 2.24) is 9.47 Å². The van der Waals surface area contributed by atoms with Crippen LogP contribution in [0.4, 0.5) is 10.5 Å². The molecule has 1 aliphatic heterocycles. The fourth-order valence-electron chi connectivity index (χ4n) is 3.16. The highest BCUT2D eigenvalue weighted by Gasteiger charge is 2.30. The van der Waals surface area contributed by atoms with Crippen LogP contribution in [0.1, 0.15) is 30.8 Å². The summed E-state index contributed by atoms with van der Waals surface area (Å²) in [6.45, 7) is 5.67. The summed E-state index contributed by atoms with van der Waals surface area (Å²) in [6, 6.07) is 9.18. The van der Waals surface area contributed by atoms with Crippen LogP contribution in [0, 0.1) is 6.92 Å². The van der Waals surface area contributed by atoms with E-state index in [1.54, 1.807) is 18.2 Å². The largest absolute Gasteiger partial charge is 0.345 e. The summed E-state index contributed by atoms with van der Waals surface area (Å²) in [5.74, 6) is 0. The summed E-state index contributed by atoms with van der Waals surface area (Å²) in [5, 5.41) is 3.90. The van der Waals surface area contributed by atoms with Gasteiger partial charge in [-0.05, 0) is 43.7 Å². The zero-order valence-electron chi connectivity index (χ0n) is 13.1. The number of anilines is 1. The van der Waals surface area contributed by atoms with Crippen LogP contribution in [0.15, 0.2) is 30.3 Å². The monoisotopic (exact) mass is 351 g/mol. The number of halogens is 2. The maximum atomic E-state index is 12.7. The van der Waals surface area contributed by atoms with Crippen molar-refractivity contribution in [2.24, 2.45) is 0 Å². The molecule has 0 bridgehead atoms. The number of urea groups is 1.